The van der Waals surface area contributed by atoms with Crippen molar-refractivity contribution in [3.8, 4) is 33.8 Å². The number of alkyl halides is 3. The molecule has 3 aromatic carbocycles. The van der Waals surface area contributed by atoms with Crippen molar-refractivity contribution in [1.29, 1.82) is 0 Å². The lowest BCUT2D eigenvalue weighted by atomic mass is 9.89. The molecular weight excluding hydrogens is 345 g/mol. The molecule has 3 rings (SSSR count). The van der Waals surface area contributed by atoms with Crippen molar-refractivity contribution in [3.63, 3.8) is 0 Å². The predicted molar refractivity (Wildman–Crippen MR) is 94.5 cm³/mol. The van der Waals surface area contributed by atoms with Gasteiger partial charge in [-0.25, -0.2) is 0 Å². The SMILES string of the molecule is Nc1ccc(O)c(-c2c(O)ccc(N)c2-c2ccccc2C(F)(F)F)c1. The molecular formula is C19H15F3N2O2. The molecule has 0 saturated carbocycles. The molecule has 0 amide bonds. The minimum absolute atomic E-state index is 0.0218. The molecule has 0 aromatic heterocycles. The lowest BCUT2D eigenvalue weighted by Gasteiger charge is -2.19. The number of hydrogen-bond acceptors (Lipinski definition) is 4. The molecule has 6 N–H and O–H groups in total. The Labute approximate surface area is 147 Å². The van der Waals surface area contributed by atoms with E-state index in [1.807, 2.05) is 0 Å². The first-order valence-corrected chi connectivity index (χ1v) is 7.57. The molecule has 4 nitrogen and oxygen atoms in total. The monoisotopic (exact) mass is 360 g/mol. The van der Waals surface area contributed by atoms with Gasteiger partial charge in [-0.3, -0.25) is 0 Å². The summed E-state index contributed by atoms with van der Waals surface area (Å²) in [5.41, 5.74) is 10.9. The second kappa shape index (κ2) is 6.18. The molecule has 0 fully saturated rings. The third-order valence-electron chi connectivity index (χ3n) is 4.01. The van der Waals surface area contributed by atoms with Crippen molar-refractivity contribution in [3.05, 3.63) is 60.2 Å². The van der Waals surface area contributed by atoms with Crippen molar-refractivity contribution >= 4 is 11.4 Å². The maximum absolute atomic E-state index is 13.5. The maximum atomic E-state index is 13.5. The third kappa shape index (κ3) is 2.99. The summed E-state index contributed by atoms with van der Waals surface area (Å²) >= 11 is 0. The van der Waals surface area contributed by atoms with Gasteiger partial charge in [-0.1, -0.05) is 18.2 Å². The van der Waals surface area contributed by atoms with Crippen LogP contribution in [0.4, 0.5) is 24.5 Å². The van der Waals surface area contributed by atoms with E-state index in [0.29, 0.717) is 0 Å². The van der Waals surface area contributed by atoms with Gasteiger partial charge in [0.05, 0.1) is 5.56 Å². The van der Waals surface area contributed by atoms with E-state index in [1.54, 1.807) is 0 Å². The van der Waals surface area contributed by atoms with Gasteiger partial charge in [-0.2, -0.15) is 13.2 Å². The van der Waals surface area contributed by atoms with Gasteiger partial charge >= 0.3 is 6.18 Å². The quantitative estimate of drug-likeness (QED) is 0.396. The molecule has 0 unspecified atom stereocenters. The summed E-state index contributed by atoms with van der Waals surface area (Å²) in [5.74, 6) is -0.571. The highest BCUT2D eigenvalue weighted by Crippen LogP contribution is 2.48. The van der Waals surface area contributed by atoms with Crippen LogP contribution < -0.4 is 11.5 Å². The summed E-state index contributed by atoms with van der Waals surface area (Å²) in [6.45, 7) is 0. The first-order chi connectivity index (χ1) is 12.2. The fourth-order valence-electron chi connectivity index (χ4n) is 2.87. The van der Waals surface area contributed by atoms with Crippen LogP contribution in [0.2, 0.25) is 0 Å². The normalized spacial score (nSPS) is 11.5. The second-order valence-corrected chi connectivity index (χ2v) is 5.74. The van der Waals surface area contributed by atoms with Gasteiger partial charge in [0.15, 0.2) is 0 Å². The van der Waals surface area contributed by atoms with Crippen LogP contribution in [0.15, 0.2) is 54.6 Å². The van der Waals surface area contributed by atoms with E-state index >= 15 is 0 Å². The van der Waals surface area contributed by atoms with E-state index in [1.165, 1.54) is 48.5 Å². The minimum atomic E-state index is -4.62. The summed E-state index contributed by atoms with van der Waals surface area (Å²) in [5, 5.41) is 20.5. The number of aromatic hydroxyl groups is 2. The Bertz CT molecular complexity index is 985. The standard InChI is InChI=1S/C19H15F3N2O2/c20-19(21,22)13-4-2-1-3-11(13)17-14(24)6-8-16(26)18(17)12-9-10(23)5-7-15(12)25/h1-9,25-26H,23-24H2. The lowest BCUT2D eigenvalue weighted by molar-refractivity contribution is -0.137. The van der Waals surface area contributed by atoms with Crippen molar-refractivity contribution in [2.45, 2.75) is 6.18 Å². The molecule has 0 atom stereocenters. The van der Waals surface area contributed by atoms with Crippen molar-refractivity contribution in [1.82, 2.24) is 0 Å². The van der Waals surface area contributed by atoms with Crippen LogP contribution in [0, 0.1) is 0 Å². The smallest absolute Gasteiger partial charge is 0.417 e. The molecule has 0 heterocycles. The first kappa shape index (κ1) is 17.5. The summed E-state index contributed by atoms with van der Waals surface area (Å²) < 4.78 is 40.4. The zero-order valence-corrected chi connectivity index (χ0v) is 13.4. The van der Waals surface area contributed by atoms with Crippen LogP contribution in [-0.4, -0.2) is 10.2 Å². The van der Waals surface area contributed by atoms with Gasteiger partial charge in [0.1, 0.15) is 11.5 Å². The molecule has 134 valence electrons. The van der Waals surface area contributed by atoms with Gasteiger partial charge in [0, 0.05) is 28.1 Å². The van der Waals surface area contributed by atoms with Gasteiger partial charge in [-0.15, -0.1) is 0 Å². The number of hydrogen-bond donors (Lipinski definition) is 4. The Morgan fingerprint density at radius 2 is 1.38 bits per heavy atom. The van der Waals surface area contributed by atoms with E-state index in [9.17, 15) is 23.4 Å². The molecule has 0 aliphatic rings. The van der Waals surface area contributed by atoms with Crippen LogP contribution in [0.5, 0.6) is 11.5 Å². The van der Waals surface area contributed by atoms with E-state index in [2.05, 4.69) is 0 Å². The summed E-state index contributed by atoms with van der Waals surface area (Å²) in [4.78, 5) is 0. The molecule has 0 aliphatic heterocycles. The molecule has 3 aromatic rings. The summed E-state index contributed by atoms with van der Waals surface area (Å²) in [6, 6.07) is 11.6. The van der Waals surface area contributed by atoms with E-state index < -0.39 is 11.7 Å². The second-order valence-electron chi connectivity index (χ2n) is 5.74. The number of rotatable bonds is 2. The van der Waals surface area contributed by atoms with E-state index in [0.717, 1.165) is 6.07 Å². The molecule has 0 bridgehead atoms. The Morgan fingerprint density at radius 1 is 0.731 bits per heavy atom. The maximum Gasteiger partial charge on any atom is 0.417 e. The topological polar surface area (TPSA) is 92.5 Å². The minimum Gasteiger partial charge on any atom is -0.507 e. The van der Waals surface area contributed by atoms with Gasteiger partial charge in [0.25, 0.3) is 0 Å². The molecule has 26 heavy (non-hydrogen) atoms. The van der Waals surface area contributed by atoms with Crippen LogP contribution in [0.25, 0.3) is 22.3 Å². The first-order valence-electron chi connectivity index (χ1n) is 7.57. The summed E-state index contributed by atoms with van der Waals surface area (Å²) in [7, 11) is 0. The predicted octanol–water partition coefficient (Wildman–Crippen LogP) is 4.62. The van der Waals surface area contributed by atoms with Crippen LogP contribution in [-0.2, 0) is 6.18 Å². The van der Waals surface area contributed by atoms with E-state index in [4.69, 9.17) is 11.5 Å². The number of halogens is 3. The fourth-order valence-corrected chi connectivity index (χ4v) is 2.87. The van der Waals surface area contributed by atoms with Crippen LogP contribution in [0.3, 0.4) is 0 Å². The van der Waals surface area contributed by atoms with Crippen LogP contribution in [0.1, 0.15) is 5.56 Å². The van der Waals surface area contributed by atoms with E-state index in [-0.39, 0.29) is 45.1 Å². The summed E-state index contributed by atoms with van der Waals surface area (Å²) in [6.07, 6.45) is -4.62. The Balaban J connectivity index is 2.42. The largest absolute Gasteiger partial charge is 0.507 e. The molecule has 0 spiro atoms. The molecule has 0 aliphatic carbocycles. The zero-order chi connectivity index (χ0) is 19.1. The average Bonchev–Trinajstić information content (AvgIpc) is 2.58. The number of nitrogen functional groups attached to an aromatic ring is 2. The Hall–Kier alpha value is -3.35. The fraction of sp³-hybridized carbons (Fsp3) is 0.0526. The molecule has 0 radical (unpaired) electrons. The number of anilines is 2. The Kier molecular flexibility index (Phi) is 4.15. The van der Waals surface area contributed by atoms with Gasteiger partial charge in [0.2, 0.25) is 0 Å². The molecule has 7 heteroatoms. The zero-order valence-electron chi connectivity index (χ0n) is 13.4. The number of nitrogens with two attached hydrogens (primary N) is 2. The lowest BCUT2D eigenvalue weighted by Crippen LogP contribution is -2.08. The van der Waals surface area contributed by atoms with Crippen molar-refractivity contribution in [2.75, 3.05) is 11.5 Å². The number of benzene rings is 3. The highest BCUT2D eigenvalue weighted by molar-refractivity contribution is 5.97. The van der Waals surface area contributed by atoms with Crippen molar-refractivity contribution in [2.24, 2.45) is 0 Å². The average molecular weight is 360 g/mol. The highest BCUT2D eigenvalue weighted by atomic mass is 19.4. The number of phenols is 2. The van der Waals surface area contributed by atoms with Crippen molar-refractivity contribution < 1.29 is 23.4 Å². The van der Waals surface area contributed by atoms with Gasteiger partial charge in [-0.05, 0) is 42.0 Å². The highest BCUT2D eigenvalue weighted by Gasteiger charge is 2.34. The number of phenolic OH excluding ortho intramolecular Hbond substituents is 2. The third-order valence-corrected chi connectivity index (χ3v) is 4.01. The van der Waals surface area contributed by atoms with Gasteiger partial charge < -0.3 is 21.7 Å². The molecule has 0 saturated heterocycles. The van der Waals surface area contributed by atoms with Crippen LogP contribution >= 0.6 is 0 Å². The Morgan fingerprint density at radius 3 is 2.08 bits per heavy atom.